The van der Waals surface area contributed by atoms with Gasteiger partial charge in [-0.05, 0) is 42.0 Å². The maximum atomic E-state index is 12.0. The van der Waals surface area contributed by atoms with Gasteiger partial charge in [0, 0.05) is 27.7 Å². The van der Waals surface area contributed by atoms with Gasteiger partial charge in [0.2, 0.25) is 0 Å². The lowest BCUT2D eigenvalue weighted by atomic mass is 9.85. The fourth-order valence-electron chi connectivity index (χ4n) is 2.01. The summed E-state index contributed by atoms with van der Waals surface area (Å²) in [4.78, 5) is 12.0. The van der Waals surface area contributed by atoms with Crippen LogP contribution >= 0.6 is 23.2 Å². The molecule has 0 saturated carbocycles. The lowest BCUT2D eigenvalue weighted by Crippen LogP contribution is -2.38. The molecular weight excluding hydrogens is 319 g/mol. The first-order valence-electron chi connectivity index (χ1n) is 6.93. The standard InChI is InChI=1S/C17H18Cl2N2O/c1-17(2,12-3-5-13(18)6-4-12)11-20-16(22)21-15-9-7-14(19)8-10-15/h3-10H,11H2,1-2H3,(H2,20,21,22). The van der Waals surface area contributed by atoms with Gasteiger partial charge in [0.1, 0.15) is 0 Å². The highest BCUT2D eigenvalue weighted by atomic mass is 35.5. The van der Waals surface area contributed by atoms with Crippen LogP contribution in [0, 0.1) is 0 Å². The average molecular weight is 337 g/mol. The van der Waals surface area contributed by atoms with Gasteiger partial charge >= 0.3 is 6.03 Å². The second-order valence-corrected chi connectivity index (χ2v) is 6.58. The third kappa shape index (κ3) is 4.65. The zero-order valence-electron chi connectivity index (χ0n) is 12.5. The summed E-state index contributed by atoms with van der Waals surface area (Å²) in [6.45, 7) is 4.64. The van der Waals surface area contributed by atoms with Crippen molar-refractivity contribution in [2.45, 2.75) is 19.3 Å². The van der Waals surface area contributed by atoms with Gasteiger partial charge in [-0.2, -0.15) is 0 Å². The molecule has 116 valence electrons. The second kappa shape index (κ2) is 7.03. The minimum atomic E-state index is -0.246. The van der Waals surface area contributed by atoms with Crippen molar-refractivity contribution >= 4 is 34.9 Å². The third-order valence-corrected chi connectivity index (χ3v) is 3.92. The van der Waals surface area contributed by atoms with Crippen LogP contribution in [0.4, 0.5) is 10.5 Å². The molecular formula is C17H18Cl2N2O. The molecule has 2 N–H and O–H groups in total. The van der Waals surface area contributed by atoms with Gasteiger partial charge in [0.05, 0.1) is 0 Å². The van der Waals surface area contributed by atoms with Gasteiger partial charge in [-0.1, -0.05) is 49.2 Å². The molecule has 2 amide bonds. The smallest absolute Gasteiger partial charge is 0.319 e. The molecule has 0 unspecified atom stereocenters. The number of anilines is 1. The van der Waals surface area contributed by atoms with E-state index in [0.717, 1.165) is 5.56 Å². The zero-order valence-corrected chi connectivity index (χ0v) is 14.0. The summed E-state index contributed by atoms with van der Waals surface area (Å²) in [5.41, 5.74) is 1.62. The number of hydrogen-bond acceptors (Lipinski definition) is 1. The Morgan fingerprint density at radius 2 is 1.45 bits per heavy atom. The first-order chi connectivity index (χ1) is 10.4. The molecule has 0 bridgehead atoms. The van der Waals surface area contributed by atoms with E-state index in [0.29, 0.717) is 22.3 Å². The fourth-order valence-corrected chi connectivity index (χ4v) is 2.26. The lowest BCUT2D eigenvalue weighted by Gasteiger charge is -2.25. The van der Waals surface area contributed by atoms with E-state index in [4.69, 9.17) is 23.2 Å². The molecule has 0 aliphatic heterocycles. The van der Waals surface area contributed by atoms with Crippen molar-refractivity contribution in [2.75, 3.05) is 11.9 Å². The predicted molar refractivity (Wildman–Crippen MR) is 93.0 cm³/mol. The quantitative estimate of drug-likeness (QED) is 0.801. The monoisotopic (exact) mass is 336 g/mol. The molecule has 0 aliphatic rings. The topological polar surface area (TPSA) is 41.1 Å². The van der Waals surface area contributed by atoms with Crippen molar-refractivity contribution in [1.82, 2.24) is 5.32 Å². The number of nitrogens with one attached hydrogen (secondary N) is 2. The highest BCUT2D eigenvalue weighted by Gasteiger charge is 2.21. The number of urea groups is 1. The molecule has 3 nitrogen and oxygen atoms in total. The fraction of sp³-hybridized carbons (Fsp3) is 0.235. The first kappa shape index (κ1) is 16.7. The van der Waals surface area contributed by atoms with Crippen molar-refractivity contribution in [3.8, 4) is 0 Å². The molecule has 2 aromatic rings. The van der Waals surface area contributed by atoms with E-state index in [1.54, 1.807) is 24.3 Å². The first-order valence-corrected chi connectivity index (χ1v) is 7.69. The normalized spacial score (nSPS) is 11.1. The average Bonchev–Trinajstić information content (AvgIpc) is 2.48. The number of amides is 2. The molecule has 0 radical (unpaired) electrons. The Kier molecular flexibility index (Phi) is 5.33. The zero-order chi connectivity index (χ0) is 16.2. The molecule has 0 aromatic heterocycles. The maximum Gasteiger partial charge on any atom is 0.319 e. The largest absolute Gasteiger partial charge is 0.337 e. The van der Waals surface area contributed by atoms with E-state index in [1.807, 2.05) is 24.3 Å². The van der Waals surface area contributed by atoms with Crippen molar-refractivity contribution in [3.05, 3.63) is 64.1 Å². The van der Waals surface area contributed by atoms with E-state index in [1.165, 1.54) is 0 Å². The van der Waals surface area contributed by atoms with Crippen LogP contribution in [0.2, 0.25) is 10.0 Å². The van der Waals surface area contributed by atoms with Gasteiger partial charge in [0.15, 0.2) is 0 Å². The molecule has 0 atom stereocenters. The molecule has 0 fully saturated rings. The molecule has 5 heteroatoms. The number of benzene rings is 2. The van der Waals surface area contributed by atoms with Crippen molar-refractivity contribution < 1.29 is 4.79 Å². The molecule has 0 saturated heterocycles. The molecule has 0 heterocycles. The maximum absolute atomic E-state index is 12.0. The SMILES string of the molecule is CC(C)(CNC(=O)Nc1ccc(Cl)cc1)c1ccc(Cl)cc1. The Balaban J connectivity index is 1.92. The summed E-state index contributed by atoms with van der Waals surface area (Å²) >= 11 is 11.7. The minimum Gasteiger partial charge on any atom is -0.337 e. The van der Waals surface area contributed by atoms with Crippen LogP contribution in [0.15, 0.2) is 48.5 Å². The lowest BCUT2D eigenvalue weighted by molar-refractivity contribution is 0.249. The van der Waals surface area contributed by atoms with Crippen molar-refractivity contribution in [1.29, 1.82) is 0 Å². The van der Waals surface area contributed by atoms with Crippen LogP contribution in [0.25, 0.3) is 0 Å². The van der Waals surface area contributed by atoms with Gasteiger partial charge in [-0.15, -0.1) is 0 Å². The van der Waals surface area contributed by atoms with Crippen LogP contribution in [0.3, 0.4) is 0 Å². The number of rotatable bonds is 4. The second-order valence-electron chi connectivity index (χ2n) is 5.71. The van der Waals surface area contributed by atoms with E-state index >= 15 is 0 Å². The molecule has 2 rings (SSSR count). The van der Waals surface area contributed by atoms with E-state index in [9.17, 15) is 4.79 Å². The van der Waals surface area contributed by atoms with Gasteiger partial charge in [-0.25, -0.2) is 4.79 Å². The predicted octanol–water partition coefficient (Wildman–Crippen LogP) is 5.09. The Morgan fingerprint density at radius 3 is 2.00 bits per heavy atom. The third-order valence-electron chi connectivity index (χ3n) is 3.42. The van der Waals surface area contributed by atoms with Gasteiger partial charge in [0.25, 0.3) is 0 Å². The summed E-state index contributed by atoms with van der Waals surface area (Å²) in [5, 5.41) is 6.99. The van der Waals surface area contributed by atoms with E-state index in [-0.39, 0.29) is 11.4 Å². The van der Waals surface area contributed by atoms with Crippen molar-refractivity contribution in [3.63, 3.8) is 0 Å². The van der Waals surface area contributed by atoms with E-state index in [2.05, 4.69) is 24.5 Å². The molecule has 0 aliphatic carbocycles. The van der Waals surface area contributed by atoms with E-state index < -0.39 is 0 Å². The summed E-state index contributed by atoms with van der Waals surface area (Å²) in [6.07, 6.45) is 0. The minimum absolute atomic E-state index is 0.193. The molecule has 22 heavy (non-hydrogen) atoms. The highest BCUT2D eigenvalue weighted by molar-refractivity contribution is 6.30. The summed E-state index contributed by atoms with van der Waals surface area (Å²) in [5.74, 6) is 0. The van der Waals surface area contributed by atoms with Crippen LogP contribution < -0.4 is 10.6 Å². The number of carbonyl (C=O) groups excluding carboxylic acids is 1. The Labute approximate surface area is 140 Å². The van der Waals surface area contributed by atoms with Crippen molar-refractivity contribution in [2.24, 2.45) is 0 Å². The van der Waals surface area contributed by atoms with Crippen LogP contribution in [0.1, 0.15) is 19.4 Å². The van der Waals surface area contributed by atoms with Gasteiger partial charge in [-0.3, -0.25) is 0 Å². The van der Waals surface area contributed by atoms with Crippen LogP contribution in [0.5, 0.6) is 0 Å². The molecule has 0 spiro atoms. The Hall–Kier alpha value is -1.71. The van der Waals surface area contributed by atoms with Crippen LogP contribution in [-0.2, 0) is 5.41 Å². The number of carbonyl (C=O) groups is 1. The Bertz CT molecular complexity index is 637. The summed E-state index contributed by atoms with van der Waals surface area (Å²) < 4.78 is 0. The summed E-state index contributed by atoms with van der Waals surface area (Å²) in [6, 6.07) is 14.4. The van der Waals surface area contributed by atoms with Gasteiger partial charge < -0.3 is 10.6 Å². The highest BCUT2D eigenvalue weighted by Crippen LogP contribution is 2.24. The van der Waals surface area contributed by atoms with Crippen LogP contribution in [-0.4, -0.2) is 12.6 Å². The molecule has 2 aromatic carbocycles. The number of hydrogen-bond donors (Lipinski definition) is 2. The number of halogens is 2. The Morgan fingerprint density at radius 1 is 0.955 bits per heavy atom. The summed E-state index contributed by atoms with van der Waals surface area (Å²) in [7, 11) is 0.